The average Bonchev–Trinajstić information content (AvgIpc) is 3.20. The van der Waals surface area contributed by atoms with Crippen molar-refractivity contribution >= 4 is 56.0 Å². The maximum atomic E-state index is 14.0. The number of hydrogen-bond donors (Lipinski definition) is 4. The quantitative estimate of drug-likeness (QED) is 0.0776. The van der Waals surface area contributed by atoms with Gasteiger partial charge in [-0.2, -0.15) is 0 Å². The fourth-order valence-electron chi connectivity index (χ4n) is 6.37. The molecule has 352 valence electrons. The molecule has 0 spiro atoms. The molecule has 2 heterocycles. The van der Waals surface area contributed by atoms with Gasteiger partial charge >= 0.3 is 11.9 Å². The highest BCUT2D eigenvalue weighted by molar-refractivity contribution is 7.92. The Kier molecular flexibility index (Phi) is 17.5. The topological polar surface area (TPSA) is 251 Å². The third-order valence-electron chi connectivity index (χ3n) is 9.89. The highest BCUT2D eigenvalue weighted by atomic mass is 32.2. The number of ether oxygens (including phenoxy) is 1. The molecular formula is C44H54F2N6O11S2. The third-order valence-corrected chi connectivity index (χ3v) is 12.2. The van der Waals surface area contributed by atoms with Gasteiger partial charge in [-0.3, -0.25) is 9.59 Å². The number of carbonyl (C=O) groups is 2. The molecule has 0 aliphatic rings. The van der Waals surface area contributed by atoms with Gasteiger partial charge in [-0.1, -0.05) is 45.9 Å². The van der Waals surface area contributed by atoms with Gasteiger partial charge in [0.15, 0.2) is 0 Å². The summed E-state index contributed by atoms with van der Waals surface area (Å²) in [7, 11) is -5.03. The molecule has 21 heteroatoms. The molecular weight excluding hydrogens is 891 g/mol. The lowest BCUT2D eigenvalue weighted by molar-refractivity contribution is -0.150. The predicted octanol–water partition coefficient (Wildman–Crippen LogP) is 5.28. The molecule has 4 N–H and O–H groups in total. The molecule has 0 amide bonds. The molecule has 4 rings (SSSR count). The number of carbonyl (C=O) groups excluding carboxylic acids is 1. The van der Waals surface area contributed by atoms with Gasteiger partial charge in [0.05, 0.1) is 66.4 Å². The second kappa shape index (κ2) is 22.0. The summed E-state index contributed by atoms with van der Waals surface area (Å²) in [5, 5.41) is 41.9. The fraction of sp³-hybridized carbons (Fsp3) is 0.409. The van der Waals surface area contributed by atoms with Crippen molar-refractivity contribution < 1.29 is 60.4 Å². The number of esters is 1. The monoisotopic (exact) mass is 944 g/mol. The van der Waals surface area contributed by atoms with Crippen LogP contribution in [0.3, 0.4) is 0 Å². The van der Waals surface area contributed by atoms with E-state index in [0.29, 0.717) is 33.6 Å². The van der Waals surface area contributed by atoms with Gasteiger partial charge in [-0.05, 0) is 66.4 Å². The summed E-state index contributed by atoms with van der Waals surface area (Å²) in [6, 6.07) is 10.6. The molecule has 0 saturated carbocycles. The molecule has 17 nitrogen and oxygen atoms in total. The first-order valence-corrected chi connectivity index (χ1v) is 24.0. The average molecular weight is 945 g/mol. The van der Waals surface area contributed by atoms with Crippen LogP contribution in [0.25, 0.3) is 34.7 Å². The predicted molar refractivity (Wildman–Crippen MR) is 242 cm³/mol. The number of carboxylic acid groups (broad SMARTS) is 1. The van der Waals surface area contributed by atoms with E-state index in [2.05, 4.69) is 19.9 Å². The Labute approximate surface area is 377 Å². The Morgan fingerprint density at radius 1 is 0.662 bits per heavy atom. The number of benzene rings is 2. The number of carboxylic acids is 1. The zero-order chi connectivity index (χ0) is 48.6. The Morgan fingerprint density at radius 2 is 1.06 bits per heavy atom. The SMILES string of the molecule is CC(C)c1nc(N(C)S(C)(=O)=O)nc(-c2ccc(F)cc2)c1/C=C/[C@@H](O)C[C@@H](O)CC(=O)O[C@H](/C=C/c1c(-c2ccc(F)cc2)nc(N(C)S(C)(=O)=O)nc1C(C)C)C[C@@H](O)CC(=O)O. The van der Waals surface area contributed by atoms with Crippen molar-refractivity contribution in [3.63, 3.8) is 0 Å². The molecule has 0 bridgehead atoms. The number of aliphatic hydroxyl groups excluding tert-OH is 3. The summed E-state index contributed by atoms with van der Waals surface area (Å²) in [5.74, 6) is -4.31. The maximum absolute atomic E-state index is 14.0. The summed E-state index contributed by atoms with van der Waals surface area (Å²) >= 11 is 0. The molecule has 0 aliphatic heterocycles. The minimum absolute atomic E-state index is 0.136. The molecule has 65 heavy (non-hydrogen) atoms. The van der Waals surface area contributed by atoms with E-state index < -0.39 is 87.3 Å². The van der Waals surface area contributed by atoms with Gasteiger partial charge in [-0.15, -0.1) is 0 Å². The van der Waals surface area contributed by atoms with Crippen molar-refractivity contribution in [3.05, 3.63) is 94.8 Å². The number of sulfonamides is 2. The van der Waals surface area contributed by atoms with E-state index in [0.717, 1.165) is 21.1 Å². The van der Waals surface area contributed by atoms with Crippen molar-refractivity contribution in [1.29, 1.82) is 0 Å². The summed E-state index contributed by atoms with van der Waals surface area (Å²) < 4.78 is 85.1. The minimum atomic E-state index is -3.82. The first-order chi connectivity index (χ1) is 30.2. The van der Waals surface area contributed by atoms with Gasteiger partial charge in [-0.25, -0.2) is 54.2 Å². The van der Waals surface area contributed by atoms with Gasteiger partial charge in [0, 0.05) is 49.2 Å². The van der Waals surface area contributed by atoms with E-state index in [1.165, 1.54) is 86.9 Å². The summed E-state index contributed by atoms with van der Waals surface area (Å²) in [6.45, 7) is 7.20. The molecule has 0 fully saturated rings. The van der Waals surface area contributed by atoms with Crippen LogP contribution in [-0.2, 0) is 34.4 Å². The van der Waals surface area contributed by atoms with Crippen molar-refractivity contribution in [2.24, 2.45) is 0 Å². The van der Waals surface area contributed by atoms with E-state index in [1.54, 1.807) is 13.8 Å². The zero-order valence-electron chi connectivity index (χ0n) is 37.1. The Morgan fingerprint density at radius 3 is 1.45 bits per heavy atom. The standard InChI is InChI=1S/C44H54F2N6O11S2/c1-25(2)39-35(41(27-9-13-29(45)14-10-27)49-43(47-39)51(5)64(7,59)60)19-17-31(53)21-32(54)24-38(58)63-34(22-33(55)23-37(56)57)18-20-36-40(26(3)4)48-44(52(6)65(8,61)62)50-42(36)28-11-15-30(46)16-12-28/h9-20,25-26,31-34,53-55H,21-24H2,1-8H3,(H,56,57)/b19-17+,20-18+/t31-,32-,33-,34-/m1/s1. The highest BCUT2D eigenvalue weighted by Crippen LogP contribution is 2.34. The van der Waals surface area contributed by atoms with Crippen LogP contribution in [0.5, 0.6) is 0 Å². The molecule has 0 aliphatic carbocycles. The lowest BCUT2D eigenvalue weighted by Gasteiger charge is -2.21. The molecule has 2 aromatic carbocycles. The first-order valence-electron chi connectivity index (χ1n) is 20.3. The number of halogens is 2. The van der Waals surface area contributed by atoms with Crippen LogP contribution in [0.4, 0.5) is 20.7 Å². The lowest BCUT2D eigenvalue weighted by Crippen LogP contribution is -2.28. The van der Waals surface area contributed by atoms with E-state index in [1.807, 2.05) is 13.8 Å². The summed E-state index contributed by atoms with van der Waals surface area (Å²) in [6.07, 6.45) is -0.151. The number of anilines is 2. The first kappa shape index (κ1) is 51.9. The van der Waals surface area contributed by atoms with Gasteiger partial charge < -0.3 is 25.2 Å². The zero-order valence-corrected chi connectivity index (χ0v) is 38.8. The number of aromatic nitrogens is 4. The van der Waals surface area contributed by atoms with Crippen LogP contribution >= 0.6 is 0 Å². The van der Waals surface area contributed by atoms with Crippen molar-refractivity contribution in [1.82, 2.24) is 19.9 Å². The van der Waals surface area contributed by atoms with Crippen LogP contribution in [0.2, 0.25) is 0 Å². The fourth-order valence-corrected chi connectivity index (χ4v) is 7.13. The molecule has 4 atom stereocenters. The number of nitrogens with zero attached hydrogens (tertiary/aromatic N) is 6. The maximum Gasteiger partial charge on any atom is 0.309 e. The van der Waals surface area contributed by atoms with Crippen LogP contribution in [0, 0.1) is 11.6 Å². The highest BCUT2D eigenvalue weighted by Gasteiger charge is 2.26. The third kappa shape index (κ3) is 14.6. The number of rotatable bonds is 21. The Balaban J connectivity index is 1.64. The second-order valence-corrected chi connectivity index (χ2v) is 20.0. The summed E-state index contributed by atoms with van der Waals surface area (Å²) in [5.41, 5.74) is 2.68. The largest absolute Gasteiger partial charge is 0.481 e. The number of aliphatic carboxylic acids is 1. The van der Waals surface area contributed by atoms with E-state index in [-0.39, 0.29) is 41.5 Å². The van der Waals surface area contributed by atoms with E-state index in [4.69, 9.17) is 4.74 Å². The van der Waals surface area contributed by atoms with E-state index in [9.17, 15) is 55.6 Å². The van der Waals surface area contributed by atoms with Crippen LogP contribution in [0.15, 0.2) is 60.7 Å². The van der Waals surface area contributed by atoms with Gasteiger partial charge in [0.2, 0.25) is 31.9 Å². The van der Waals surface area contributed by atoms with Crippen LogP contribution < -0.4 is 8.61 Å². The van der Waals surface area contributed by atoms with Crippen molar-refractivity contribution in [2.45, 2.75) is 89.6 Å². The number of aliphatic hydroxyl groups is 3. The van der Waals surface area contributed by atoms with Crippen LogP contribution in [-0.4, -0.2) is 120 Å². The molecule has 4 aromatic rings. The number of hydrogen-bond acceptors (Lipinski definition) is 14. The van der Waals surface area contributed by atoms with Gasteiger partial charge in [0.25, 0.3) is 0 Å². The van der Waals surface area contributed by atoms with Gasteiger partial charge in [0.1, 0.15) is 17.7 Å². The molecule has 0 radical (unpaired) electrons. The molecule has 0 unspecified atom stereocenters. The molecule has 2 aromatic heterocycles. The van der Waals surface area contributed by atoms with Crippen LogP contribution in [0.1, 0.15) is 87.7 Å². The second-order valence-electron chi connectivity index (χ2n) is 16.0. The van der Waals surface area contributed by atoms with E-state index >= 15 is 0 Å². The summed E-state index contributed by atoms with van der Waals surface area (Å²) in [4.78, 5) is 42.7. The molecule has 0 saturated heterocycles. The lowest BCUT2D eigenvalue weighted by atomic mass is 9.97. The minimum Gasteiger partial charge on any atom is -0.481 e. The van der Waals surface area contributed by atoms with Crippen molar-refractivity contribution in [2.75, 3.05) is 35.2 Å². The Hall–Kier alpha value is -5.74. The smallest absolute Gasteiger partial charge is 0.309 e. The van der Waals surface area contributed by atoms with Crippen molar-refractivity contribution in [3.8, 4) is 22.5 Å². The Bertz CT molecular complexity index is 2610. The normalized spacial score (nSPS) is 14.2.